The van der Waals surface area contributed by atoms with E-state index in [9.17, 15) is 14.7 Å². The number of rotatable bonds is 7. The first-order chi connectivity index (χ1) is 14.9. The molecule has 0 bridgehead atoms. The molecule has 0 spiro atoms. The first-order valence-corrected chi connectivity index (χ1v) is 10.2. The van der Waals surface area contributed by atoms with E-state index in [0.717, 1.165) is 27.9 Å². The average molecular weight is 418 g/mol. The largest absolute Gasteiger partial charge is 0.506 e. The number of carbonyl (C=O) groups is 2. The van der Waals surface area contributed by atoms with Crippen molar-refractivity contribution < 1.29 is 19.4 Å². The van der Waals surface area contributed by atoms with Crippen molar-refractivity contribution in [3.63, 3.8) is 0 Å². The van der Waals surface area contributed by atoms with Gasteiger partial charge in [-0.3, -0.25) is 9.59 Å². The van der Waals surface area contributed by atoms with Gasteiger partial charge < -0.3 is 15.2 Å². The third-order valence-corrected chi connectivity index (χ3v) is 4.93. The van der Waals surface area contributed by atoms with E-state index in [1.165, 1.54) is 0 Å². The molecule has 6 nitrogen and oxygen atoms in total. The van der Waals surface area contributed by atoms with Crippen LogP contribution in [0.2, 0.25) is 0 Å². The SMILES string of the molecule is CCOC(=O)CC(=O)Nc1cc(C)c(Cc2ccc(O)c(-c3ccccc3)n2)c(C)c1. The Hall–Kier alpha value is -3.67. The summed E-state index contributed by atoms with van der Waals surface area (Å²) in [5.41, 5.74) is 5.98. The van der Waals surface area contributed by atoms with Crippen LogP contribution < -0.4 is 5.32 Å². The molecule has 31 heavy (non-hydrogen) atoms. The van der Waals surface area contributed by atoms with E-state index in [2.05, 4.69) is 10.3 Å². The Balaban J connectivity index is 1.79. The number of nitrogens with zero attached hydrogens (tertiary/aromatic N) is 1. The van der Waals surface area contributed by atoms with Crippen LogP contribution in [0.1, 0.15) is 35.7 Å². The summed E-state index contributed by atoms with van der Waals surface area (Å²) in [6.07, 6.45) is 0.280. The van der Waals surface area contributed by atoms with Crippen LogP contribution in [0.15, 0.2) is 54.6 Å². The second-order valence-electron chi connectivity index (χ2n) is 7.33. The summed E-state index contributed by atoms with van der Waals surface area (Å²) in [6.45, 7) is 5.90. The predicted octanol–water partition coefficient (Wildman–Crippen LogP) is 4.55. The van der Waals surface area contributed by atoms with Crippen LogP contribution in [-0.2, 0) is 20.7 Å². The number of carbonyl (C=O) groups excluding carboxylic acids is 2. The Morgan fingerprint density at radius 2 is 1.71 bits per heavy atom. The number of hydrogen-bond acceptors (Lipinski definition) is 5. The number of aryl methyl sites for hydroxylation is 2. The molecular weight excluding hydrogens is 392 g/mol. The summed E-state index contributed by atoms with van der Waals surface area (Å²) in [4.78, 5) is 28.2. The molecule has 0 aliphatic rings. The van der Waals surface area contributed by atoms with Crippen LogP contribution >= 0.6 is 0 Å². The summed E-state index contributed by atoms with van der Waals surface area (Å²) in [6, 6.07) is 16.8. The van der Waals surface area contributed by atoms with Gasteiger partial charge in [-0.05, 0) is 61.7 Å². The molecule has 0 saturated carbocycles. The standard InChI is InChI=1S/C25H26N2O4/c1-4-31-24(30)15-23(29)26-20-12-16(2)21(17(3)13-20)14-19-10-11-22(28)25(27-19)18-8-6-5-7-9-18/h5-13,28H,4,14-15H2,1-3H3,(H,26,29). The normalized spacial score (nSPS) is 10.5. The van der Waals surface area contributed by atoms with Crippen molar-refractivity contribution >= 4 is 17.6 Å². The van der Waals surface area contributed by atoms with E-state index in [1.807, 2.05) is 62.4 Å². The zero-order valence-corrected chi connectivity index (χ0v) is 17.9. The fourth-order valence-electron chi connectivity index (χ4n) is 3.47. The van der Waals surface area contributed by atoms with Crippen molar-refractivity contribution in [2.75, 3.05) is 11.9 Å². The first-order valence-electron chi connectivity index (χ1n) is 10.2. The summed E-state index contributed by atoms with van der Waals surface area (Å²) in [7, 11) is 0. The van der Waals surface area contributed by atoms with Crippen molar-refractivity contribution in [1.82, 2.24) is 4.98 Å². The van der Waals surface area contributed by atoms with Gasteiger partial charge in [0.25, 0.3) is 0 Å². The van der Waals surface area contributed by atoms with Crippen LogP contribution in [-0.4, -0.2) is 28.6 Å². The Labute approximate surface area is 181 Å². The summed E-state index contributed by atoms with van der Waals surface area (Å²) >= 11 is 0. The number of esters is 1. The number of pyridine rings is 1. The number of aromatic nitrogens is 1. The number of amides is 1. The summed E-state index contributed by atoms with van der Waals surface area (Å²) in [5, 5.41) is 13.0. The van der Waals surface area contributed by atoms with E-state index < -0.39 is 11.9 Å². The van der Waals surface area contributed by atoms with Crippen LogP contribution in [0.5, 0.6) is 5.75 Å². The van der Waals surface area contributed by atoms with Crippen molar-refractivity contribution in [3.05, 3.63) is 77.0 Å². The van der Waals surface area contributed by atoms with Gasteiger partial charge in [-0.15, -0.1) is 0 Å². The van der Waals surface area contributed by atoms with Crippen LogP contribution in [0.25, 0.3) is 11.3 Å². The lowest BCUT2D eigenvalue weighted by Crippen LogP contribution is -2.18. The maximum Gasteiger partial charge on any atom is 0.315 e. The lowest BCUT2D eigenvalue weighted by Gasteiger charge is -2.14. The molecule has 6 heteroatoms. The zero-order chi connectivity index (χ0) is 22.4. The van der Waals surface area contributed by atoms with Gasteiger partial charge in [-0.1, -0.05) is 30.3 Å². The fraction of sp³-hybridized carbons (Fsp3) is 0.240. The Kier molecular flexibility index (Phi) is 7.03. The maximum absolute atomic E-state index is 12.1. The number of nitrogens with one attached hydrogen (secondary N) is 1. The molecule has 0 fully saturated rings. The number of hydrogen-bond donors (Lipinski definition) is 2. The van der Waals surface area contributed by atoms with E-state index in [0.29, 0.717) is 17.8 Å². The Morgan fingerprint density at radius 3 is 2.35 bits per heavy atom. The molecule has 0 radical (unpaired) electrons. The van der Waals surface area contributed by atoms with Crippen LogP contribution in [0.4, 0.5) is 5.69 Å². The molecule has 1 amide bonds. The van der Waals surface area contributed by atoms with Crippen LogP contribution in [0.3, 0.4) is 0 Å². The van der Waals surface area contributed by atoms with Gasteiger partial charge in [0.1, 0.15) is 17.9 Å². The molecule has 2 N–H and O–H groups in total. The van der Waals surface area contributed by atoms with Gasteiger partial charge in [-0.25, -0.2) is 4.98 Å². The second kappa shape index (κ2) is 9.89. The van der Waals surface area contributed by atoms with Crippen LogP contribution in [0, 0.1) is 13.8 Å². The molecule has 0 saturated heterocycles. The molecular formula is C25H26N2O4. The highest BCUT2D eigenvalue weighted by molar-refractivity contribution is 6.02. The third-order valence-electron chi connectivity index (χ3n) is 4.93. The summed E-state index contributed by atoms with van der Waals surface area (Å²) in [5.74, 6) is -0.807. The van der Waals surface area contributed by atoms with Gasteiger partial charge in [0, 0.05) is 23.4 Å². The molecule has 2 aromatic carbocycles. The molecule has 0 unspecified atom stereocenters. The zero-order valence-electron chi connectivity index (χ0n) is 17.9. The van der Waals surface area contributed by atoms with Gasteiger partial charge in [0.05, 0.1) is 6.61 Å². The van der Waals surface area contributed by atoms with E-state index >= 15 is 0 Å². The number of anilines is 1. The minimum absolute atomic E-state index is 0.142. The third kappa shape index (κ3) is 5.69. The Bertz CT molecular complexity index is 1070. The summed E-state index contributed by atoms with van der Waals surface area (Å²) < 4.78 is 4.81. The molecule has 3 aromatic rings. The molecule has 1 heterocycles. The number of benzene rings is 2. The molecule has 0 aliphatic carbocycles. The lowest BCUT2D eigenvalue weighted by molar-refractivity contribution is -0.145. The molecule has 3 rings (SSSR count). The molecule has 0 aliphatic heterocycles. The van der Waals surface area contributed by atoms with Crippen molar-refractivity contribution in [3.8, 4) is 17.0 Å². The predicted molar refractivity (Wildman–Crippen MR) is 120 cm³/mol. The minimum atomic E-state index is -0.544. The van der Waals surface area contributed by atoms with E-state index in [4.69, 9.17) is 4.74 Å². The fourth-order valence-corrected chi connectivity index (χ4v) is 3.47. The first kappa shape index (κ1) is 22.0. The monoisotopic (exact) mass is 418 g/mol. The molecule has 160 valence electrons. The Morgan fingerprint density at radius 1 is 1.03 bits per heavy atom. The van der Waals surface area contributed by atoms with Crippen molar-refractivity contribution in [1.29, 1.82) is 0 Å². The van der Waals surface area contributed by atoms with E-state index in [1.54, 1.807) is 13.0 Å². The average Bonchev–Trinajstić information content (AvgIpc) is 2.72. The lowest BCUT2D eigenvalue weighted by atomic mass is 9.97. The second-order valence-corrected chi connectivity index (χ2v) is 7.33. The highest BCUT2D eigenvalue weighted by atomic mass is 16.5. The van der Waals surface area contributed by atoms with Gasteiger partial charge in [0.2, 0.25) is 5.91 Å². The quantitative estimate of drug-likeness (QED) is 0.434. The van der Waals surface area contributed by atoms with Gasteiger partial charge in [-0.2, -0.15) is 0 Å². The maximum atomic E-state index is 12.1. The molecule has 0 atom stereocenters. The highest BCUT2D eigenvalue weighted by Crippen LogP contribution is 2.29. The molecule has 1 aromatic heterocycles. The van der Waals surface area contributed by atoms with Gasteiger partial charge >= 0.3 is 5.97 Å². The van der Waals surface area contributed by atoms with Crippen molar-refractivity contribution in [2.45, 2.75) is 33.6 Å². The number of ether oxygens (including phenoxy) is 1. The van der Waals surface area contributed by atoms with E-state index in [-0.39, 0.29) is 18.8 Å². The van der Waals surface area contributed by atoms with Crippen molar-refractivity contribution in [2.24, 2.45) is 0 Å². The minimum Gasteiger partial charge on any atom is -0.506 e. The number of aromatic hydroxyl groups is 1. The smallest absolute Gasteiger partial charge is 0.315 e. The topological polar surface area (TPSA) is 88.5 Å². The highest BCUT2D eigenvalue weighted by Gasteiger charge is 2.14. The van der Waals surface area contributed by atoms with Gasteiger partial charge in [0.15, 0.2) is 0 Å².